The van der Waals surface area contributed by atoms with Crippen molar-refractivity contribution < 1.29 is 0 Å². The molecular weight excluding hydrogens is 288 g/mol. The summed E-state index contributed by atoms with van der Waals surface area (Å²) in [5.74, 6) is 0.259. The van der Waals surface area contributed by atoms with Gasteiger partial charge < -0.3 is 5.32 Å². The molecule has 6 heteroatoms. The van der Waals surface area contributed by atoms with Crippen LogP contribution in [0.4, 0.5) is 5.69 Å². The van der Waals surface area contributed by atoms with Gasteiger partial charge >= 0.3 is 0 Å². The predicted octanol–water partition coefficient (Wildman–Crippen LogP) is 3.15. The second-order valence-electron chi connectivity index (χ2n) is 5.00. The van der Waals surface area contributed by atoms with Crippen LogP contribution in [0.2, 0.25) is 0 Å². The van der Waals surface area contributed by atoms with Gasteiger partial charge in [-0.2, -0.15) is 10.5 Å². The number of aryl methyl sites for hydroxylation is 1. The highest BCUT2D eigenvalue weighted by Gasteiger charge is 2.05. The van der Waals surface area contributed by atoms with Crippen LogP contribution in [0.15, 0.2) is 54.7 Å². The van der Waals surface area contributed by atoms with Gasteiger partial charge in [-0.15, -0.1) is 10.2 Å². The van der Waals surface area contributed by atoms with Crippen molar-refractivity contribution in [2.45, 2.75) is 6.92 Å². The molecule has 1 heterocycles. The van der Waals surface area contributed by atoms with Crippen LogP contribution in [-0.4, -0.2) is 20.6 Å². The zero-order chi connectivity index (χ0) is 16.1. The third kappa shape index (κ3) is 3.41. The number of tetrazole rings is 1. The van der Waals surface area contributed by atoms with E-state index in [0.29, 0.717) is 5.57 Å². The van der Waals surface area contributed by atoms with Crippen molar-refractivity contribution in [1.82, 2.24) is 20.6 Å². The third-order valence-electron chi connectivity index (χ3n) is 3.30. The molecule has 6 nitrogen and oxygen atoms in total. The average molecular weight is 302 g/mol. The van der Waals surface area contributed by atoms with Gasteiger partial charge in [-0.05, 0) is 35.4 Å². The highest BCUT2D eigenvalue weighted by molar-refractivity contribution is 5.75. The molecule has 2 N–H and O–H groups in total. The summed E-state index contributed by atoms with van der Waals surface area (Å²) in [6.07, 6.45) is 1.57. The van der Waals surface area contributed by atoms with Crippen molar-refractivity contribution in [3.63, 3.8) is 0 Å². The van der Waals surface area contributed by atoms with E-state index in [1.165, 1.54) is 5.56 Å². The quantitative estimate of drug-likeness (QED) is 0.722. The molecule has 0 fully saturated rings. The van der Waals surface area contributed by atoms with Crippen LogP contribution in [-0.2, 0) is 0 Å². The Hall–Kier alpha value is -3.46. The lowest BCUT2D eigenvalue weighted by molar-refractivity contribution is 0.881. The van der Waals surface area contributed by atoms with Crippen molar-refractivity contribution >= 4 is 11.3 Å². The molecule has 0 unspecified atom stereocenters. The maximum absolute atomic E-state index is 9.16. The summed E-state index contributed by atoms with van der Waals surface area (Å²) in [6, 6.07) is 18.3. The number of anilines is 1. The first-order valence-electron chi connectivity index (χ1n) is 7.04. The molecule has 1 aromatic heterocycles. The Kier molecular flexibility index (Phi) is 4.11. The van der Waals surface area contributed by atoms with Crippen molar-refractivity contribution in [3.05, 3.63) is 66.1 Å². The van der Waals surface area contributed by atoms with E-state index in [1.807, 2.05) is 36.4 Å². The van der Waals surface area contributed by atoms with Gasteiger partial charge in [0.15, 0.2) is 0 Å². The van der Waals surface area contributed by atoms with E-state index in [2.05, 4.69) is 51.1 Å². The van der Waals surface area contributed by atoms with Gasteiger partial charge in [0.25, 0.3) is 0 Å². The number of rotatable bonds is 4. The Morgan fingerprint density at radius 2 is 1.96 bits per heavy atom. The van der Waals surface area contributed by atoms with Gasteiger partial charge in [0, 0.05) is 11.9 Å². The summed E-state index contributed by atoms with van der Waals surface area (Å²) in [6.45, 7) is 2.07. The lowest BCUT2D eigenvalue weighted by atomic mass is 10.0. The van der Waals surface area contributed by atoms with Gasteiger partial charge in [-0.1, -0.05) is 42.0 Å². The smallest absolute Gasteiger partial charge is 0.216 e. The van der Waals surface area contributed by atoms with E-state index < -0.39 is 0 Å². The van der Waals surface area contributed by atoms with Gasteiger partial charge in [0.1, 0.15) is 11.6 Å². The van der Waals surface area contributed by atoms with Crippen LogP contribution in [0.1, 0.15) is 11.4 Å². The molecule has 0 atom stereocenters. The second-order valence-corrected chi connectivity index (χ2v) is 5.00. The molecule has 3 aromatic rings. The molecular formula is C17H14N6. The molecule has 2 aromatic carbocycles. The van der Waals surface area contributed by atoms with E-state index in [0.717, 1.165) is 16.8 Å². The number of allylic oxidation sites excluding steroid dienone is 1. The number of hydrogen-bond acceptors (Lipinski definition) is 5. The van der Waals surface area contributed by atoms with Crippen molar-refractivity contribution in [2.75, 3.05) is 5.32 Å². The number of nitrogens with zero attached hydrogens (tertiary/aromatic N) is 4. The standard InChI is InChI=1S/C17H14N6/c1-12-4-2-5-13(8-12)14-6-3-7-16(9-14)19-11-15(10-18)17-20-22-23-21-17/h2-9,11,19H,1H3,(H,20,21,22,23). The van der Waals surface area contributed by atoms with Crippen LogP contribution in [0.25, 0.3) is 16.7 Å². The summed E-state index contributed by atoms with van der Waals surface area (Å²) in [5, 5.41) is 25.6. The summed E-state index contributed by atoms with van der Waals surface area (Å²) in [5.41, 5.74) is 4.64. The molecule has 0 aliphatic rings. The molecule has 0 bridgehead atoms. The number of hydrogen-bond donors (Lipinski definition) is 2. The molecule has 0 amide bonds. The van der Waals surface area contributed by atoms with Gasteiger partial charge in [-0.25, -0.2) is 0 Å². The first kappa shape index (κ1) is 14.5. The van der Waals surface area contributed by atoms with E-state index >= 15 is 0 Å². The minimum absolute atomic E-state index is 0.259. The average Bonchev–Trinajstić information content (AvgIpc) is 3.10. The summed E-state index contributed by atoms with van der Waals surface area (Å²) in [4.78, 5) is 0. The zero-order valence-electron chi connectivity index (χ0n) is 12.5. The minimum Gasteiger partial charge on any atom is -0.360 e. The van der Waals surface area contributed by atoms with E-state index in [-0.39, 0.29) is 5.82 Å². The number of benzene rings is 2. The Labute approximate surface area is 133 Å². The summed E-state index contributed by atoms with van der Waals surface area (Å²) >= 11 is 0. The molecule has 0 saturated carbocycles. The first-order chi connectivity index (χ1) is 11.3. The SMILES string of the molecule is Cc1cccc(-c2cccc(NC=C(C#N)c3nn[nH]n3)c2)c1. The second kappa shape index (κ2) is 6.54. The van der Waals surface area contributed by atoms with E-state index in [9.17, 15) is 0 Å². The van der Waals surface area contributed by atoms with Crippen LogP contribution in [0, 0.1) is 18.3 Å². The molecule has 0 spiro atoms. The fourth-order valence-electron chi connectivity index (χ4n) is 2.19. The van der Waals surface area contributed by atoms with Crippen molar-refractivity contribution in [3.8, 4) is 17.2 Å². The maximum atomic E-state index is 9.16. The fraction of sp³-hybridized carbons (Fsp3) is 0.0588. The third-order valence-corrected chi connectivity index (χ3v) is 3.30. The van der Waals surface area contributed by atoms with Gasteiger partial charge in [0.2, 0.25) is 5.82 Å². The van der Waals surface area contributed by atoms with Crippen LogP contribution in [0.5, 0.6) is 0 Å². The number of aromatic amines is 1. The lowest BCUT2D eigenvalue weighted by Crippen LogP contribution is -1.93. The molecule has 112 valence electrons. The first-order valence-corrected chi connectivity index (χ1v) is 7.04. The zero-order valence-corrected chi connectivity index (χ0v) is 12.5. The Balaban J connectivity index is 1.85. The van der Waals surface area contributed by atoms with Crippen molar-refractivity contribution in [2.24, 2.45) is 0 Å². The van der Waals surface area contributed by atoms with Crippen molar-refractivity contribution in [1.29, 1.82) is 5.26 Å². The highest BCUT2D eigenvalue weighted by Crippen LogP contribution is 2.23. The molecule has 0 radical (unpaired) electrons. The van der Waals surface area contributed by atoms with Gasteiger partial charge in [-0.3, -0.25) is 0 Å². The molecule has 23 heavy (non-hydrogen) atoms. The Bertz CT molecular complexity index is 874. The normalized spacial score (nSPS) is 11.0. The molecule has 3 rings (SSSR count). The number of nitrogens with one attached hydrogen (secondary N) is 2. The number of aromatic nitrogens is 4. The van der Waals surface area contributed by atoms with E-state index in [1.54, 1.807) is 6.20 Å². The van der Waals surface area contributed by atoms with Gasteiger partial charge in [0.05, 0.1) is 0 Å². The minimum atomic E-state index is 0.259. The lowest BCUT2D eigenvalue weighted by Gasteiger charge is -2.06. The van der Waals surface area contributed by atoms with Crippen LogP contribution in [0.3, 0.4) is 0 Å². The van der Waals surface area contributed by atoms with E-state index in [4.69, 9.17) is 5.26 Å². The maximum Gasteiger partial charge on any atom is 0.216 e. The predicted molar refractivity (Wildman–Crippen MR) is 88.0 cm³/mol. The molecule has 0 saturated heterocycles. The largest absolute Gasteiger partial charge is 0.360 e. The highest BCUT2D eigenvalue weighted by atomic mass is 15.5. The Morgan fingerprint density at radius 1 is 1.17 bits per heavy atom. The number of nitriles is 1. The topological polar surface area (TPSA) is 90.3 Å². The monoisotopic (exact) mass is 302 g/mol. The fourth-order valence-corrected chi connectivity index (χ4v) is 2.19. The van der Waals surface area contributed by atoms with Crippen LogP contribution >= 0.6 is 0 Å². The number of H-pyrrole nitrogens is 1. The van der Waals surface area contributed by atoms with Crippen LogP contribution < -0.4 is 5.32 Å². The molecule has 0 aliphatic carbocycles. The Morgan fingerprint density at radius 3 is 2.65 bits per heavy atom. The summed E-state index contributed by atoms with van der Waals surface area (Å²) < 4.78 is 0. The summed E-state index contributed by atoms with van der Waals surface area (Å²) in [7, 11) is 0. The molecule has 0 aliphatic heterocycles.